The summed E-state index contributed by atoms with van der Waals surface area (Å²) in [5, 5.41) is 0. The predicted octanol–water partition coefficient (Wildman–Crippen LogP) is 41.1. The van der Waals surface area contributed by atoms with E-state index in [0.717, 1.165) is 140 Å². The maximum Gasteiger partial charge on any atom is 0.138 e. The molecule has 0 radical (unpaired) electrons. The van der Waals surface area contributed by atoms with Crippen LogP contribution in [0.5, 0.6) is 92.0 Å². The van der Waals surface area contributed by atoms with E-state index in [9.17, 15) is 0 Å². The van der Waals surface area contributed by atoms with E-state index in [2.05, 4.69) is 371 Å². The Balaban J connectivity index is 0.000000169. The zero-order valence-corrected chi connectivity index (χ0v) is 88.3. The molecule has 0 aliphatic carbocycles. The lowest BCUT2D eigenvalue weighted by molar-refractivity contribution is 0.455. The van der Waals surface area contributed by atoms with E-state index in [1.807, 2.05) is 172 Å². The zero-order chi connectivity index (χ0) is 101. The van der Waals surface area contributed by atoms with Gasteiger partial charge in [0.25, 0.3) is 0 Å². The van der Waals surface area contributed by atoms with Gasteiger partial charge in [-0.15, -0.1) is 0 Å². The first-order valence-electron chi connectivity index (χ1n) is 50.5. The minimum atomic E-state index is 0.139. The number of ether oxygens (including phenoxy) is 8. The summed E-state index contributed by atoms with van der Waals surface area (Å²) in [4.78, 5) is 0. The van der Waals surface area contributed by atoms with Crippen LogP contribution < -0.4 is 37.9 Å². The van der Waals surface area contributed by atoms with Crippen molar-refractivity contribution in [2.75, 3.05) is 0 Å². The van der Waals surface area contributed by atoms with Gasteiger partial charge in [0.1, 0.15) is 92.0 Å². The second-order valence-corrected chi connectivity index (χ2v) is 40.2. The van der Waals surface area contributed by atoms with Gasteiger partial charge in [0.05, 0.1) is 0 Å². The highest BCUT2D eigenvalue weighted by atomic mass is 16.5. The molecule has 15 rings (SSSR count). The van der Waals surface area contributed by atoms with E-state index in [1.165, 1.54) is 83.5 Å². The summed E-state index contributed by atoms with van der Waals surface area (Å²) in [5.41, 5.74) is 23.6. The molecule has 0 spiro atoms. The average molecular weight is 1880 g/mol. The van der Waals surface area contributed by atoms with Crippen LogP contribution in [0.3, 0.4) is 0 Å². The highest BCUT2D eigenvalue weighted by Crippen LogP contribution is 2.42. The van der Waals surface area contributed by atoms with Gasteiger partial charge < -0.3 is 37.9 Å². The molecule has 8 nitrogen and oxygen atoms in total. The first-order valence-corrected chi connectivity index (χ1v) is 50.5. The fourth-order valence-electron chi connectivity index (χ4n) is 15.7. The molecule has 0 aliphatic heterocycles. The largest absolute Gasteiger partial charge is 0.457 e. The third-order valence-electron chi connectivity index (χ3n) is 24.5. The molecule has 0 unspecified atom stereocenters. The SMILES string of the molecule is C/C=C/c1ccc(-c2ccc(C)cc2)cc1Oc1ccc(C(C)(C)C)cc1.C/C=C/c1ccc(Oc2ccc(C(C)C)cc2)cc1Oc1ccc(C(C)C)cc1.C/C=C\c1ccc(Oc2ccc(C(C)C)cc2)cc1Oc1ccc(C(C)C)cc1.CCCc1ccc(-c2ccc(C)cc2)cc1Oc1ccc(C(C)(C)C)cc1.CCCc1ccc(Oc2ccc(C(C)C)cc2)cc1Oc1ccc(C(C)C)cc1. The Bertz CT molecular complexity index is 6300. The number of hydrogen-bond donors (Lipinski definition) is 0. The average Bonchev–Trinajstić information content (AvgIpc) is 0.823. The van der Waals surface area contributed by atoms with E-state index in [-0.39, 0.29) is 10.8 Å². The molecule has 0 fully saturated rings. The predicted molar refractivity (Wildman–Crippen MR) is 599 cm³/mol. The topological polar surface area (TPSA) is 73.8 Å². The van der Waals surface area contributed by atoms with E-state index in [1.54, 1.807) is 0 Å². The molecule has 0 aromatic heterocycles. The van der Waals surface area contributed by atoms with Crippen LogP contribution in [0.2, 0.25) is 0 Å². The lowest BCUT2D eigenvalue weighted by Crippen LogP contribution is -2.10. The Labute approximate surface area is 845 Å². The Morgan fingerprint density at radius 1 is 0.213 bits per heavy atom. The van der Waals surface area contributed by atoms with E-state index in [4.69, 9.17) is 37.9 Å². The highest BCUT2D eigenvalue weighted by Gasteiger charge is 2.20. The second kappa shape index (κ2) is 52.3. The van der Waals surface area contributed by atoms with Crippen molar-refractivity contribution in [2.24, 2.45) is 0 Å². The van der Waals surface area contributed by atoms with Gasteiger partial charge in [-0.1, -0.05) is 375 Å². The van der Waals surface area contributed by atoms with Gasteiger partial charge in [-0.2, -0.15) is 0 Å². The van der Waals surface area contributed by atoms with Crippen molar-refractivity contribution in [1.29, 1.82) is 0 Å². The number of hydrogen-bond acceptors (Lipinski definition) is 8. The highest BCUT2D eigenvalue weighted by molar-refractivity contribution is 5.72. The molecular weight excluding hydrogens is 1730 g/mol. The van der Waals surface area contributed by atoms with Gasteiger partial charge in [0, 0.05) is 34.9 Å². The zero-order valence-electron chi connectivity index (χ0n) is 88.3. The molecule has 0 saturated heterocycles. The number of aryl methyl sites for hydroxylation is 4. The van der Waals surface area contributed by atoms with Crippen molar-refractivity contribution < 1.29 is 37.9 Å². The molecule has 0 amide bonds. The van der Waals surface area contributed by atoms with Crippen LogP contribution in [0.15, 0.2) is 352 Å². The minimum Gasteiger partial charge on any atom is -0.457 e. The number of allylic oxidation sites excluding steroid dienone is 3. The molecule has 0 bridgehead atoms. The fourth-order valence-corrected chi connectivity index (χ4v) is 15.7. The first kappa shape index (κ1) is 107. The summed E-state index contributed by atoms with van der Waals surface area (Å²) in [6.07, 6.45) is 16.4. The molecule has 0 aliphatic rings. The van der Waals surface area contributed by atoms with Gasteiger partial charge in [-0.3, -0.25) is 0 Å². The molecule has 730 valence electrons. The normalized spacial score (nSPS) is 11.4. The third-order valence-corrected chi connectivity index (χ3v) is 24.5. The van der Waals surface area contributed by atoms with Gasteiger partial charge in [0.15, 0.2) is 0 Å². The third kappa shape index (κ3) is 33.0. The minimum absolute atomic E-state index is 0.139. The van der Waals surface area contributed by atoms with Crippen molar-refractivity contribution in [2.45, 2.75) is 245 Å². The molecule has 0 N–H and O–H groups in total. The molecule has 15 aromatic rings. The lowest BCUT2D eigenvalue weighted by atomic mass is 9.87. The molecular formula is C133H150O8. The van der Waals surface area contributed by atoms with Gasteiger partial charge >= 0.3 is 0 Å². The summed E-state index contributed by atoms with van der Waals surface area (Å²) in [6, 6.07) is 115. The maximum absolute atomic E-state index is 6.32. The second-order valence-electron chi connectivity index (χ2n) is 40.2. The van der Waals surface area contributed by atoms with Crippen LogP contribution in [0.4, 0.5) is 0 Å². The number of benzene rings is 15. The molecule has 0 saturated carbocycles. The van der Waals surface area contributed by atoms with Crippen LogP contribution in [0.25, 0.3) is 40.5 Å². The van der Waals surface area contributed by atoms with Gasteiger partial charge in [-0.05, 0) is 311 Å². The van der Waals surface area contributed by atoms with Crippen molar-refractivity contribution in [3.8, 4) is 114 Å². The van der Waals surface area contributed by atoms with Crippen LogP contribution in [-0.4, -0.2) is 0 Å². The van der Waals surface area contributed by atoms with E-state index < -0.39 is 0 Å². The van der Waals surface area contributed by atoms with Gasteiger partial charge in [0.2, 0.25) is 0 Å². The fraction of sp³-hybridized carbons (Fsp3) is 0.278. The van der Waals surface area contributed by atoms with Crippen molar-refractivity contribution in [3.63, 3.8) is 0 Å². The summed E-state index contributed by atoms with van der Waals surface area (Å²) < 4.78 is 49.5. The van der Waals surface area contributed by atoms with Crippen LogP contribution in [0, 0.1) is 13.8 Å². The summed E-state index contributed by atoms with van der Waals surface area (Å²) >= 11 is 0. The summed E-state index contributed by atoms with van der Waals surface area (Å²) in [7, 11) is 0. The molecule has 141 heavy (non-hydrogen) atoms. The Hall–Kier alpha value is -14.1. The van der Waals surface area contributed by atoms with E-state index in [0.29, 0.717) is 35.5 Å². The van der Waals surface area contributed by atoms with Gasteiger partial charge in [-0.25, -0.2) is 0 Å². The summed E-state index contributed by atoms with van der Waals surface area (Å²) in [5.74, 6) is 16.3. The van der Waals surface area contributed by atoms with Crippen LogP contribution >= 0.6 is 0 Å². The molecule has 15 aromatic carbocycles. The Kier molecular flexibility index (Phi) is 39.8. The summed E-state index contributed by atoms with van der Waals surface area (Å²) in [6.45, 7) is 54.3. The van der Waals surface area contributed by atoms with Crippen molar-refractivity contribution in [1.82, 2.24) is 0 Å². The van der Waals surface area contributed by atoms with E-state index >= 15 is 0 Å². The quantitative estimate of drug-likeness (QED) is 0.0426. The standard InChI is InChI=1S/C27H32O2.2C27H30O2.C26H30O.C26H28O/c3*1-6-7-23-12-17-26(28-24-13-8-21(9-14-24)19(2)3)18-27(23)29-25-15-10-22(11-16-25)20(4)5;2*1-6-7-21-12-13-22(20-10-8-19(2)9-11-20)18-25(21)27-24-16-14-23(15-17-24)26(3,4)5/h8-20H,6-7H2,1-5H3;2*6-20H,1-5H3;8-18H,6-7H2,1-5H3;6-18H,1-5H3/b;7-6+;7-6-;;7-6+. The molecule has 8 heteroatoms. The smallest absolute Gasteiger partial charge is 0.138 e. The number of rotatable bonds is 31. The lowest BCUT2D eigenvalue weighted by Gasteiger charge is -2.19. The van der Waals surface area contributed by atoms with Crippen LogP contribution in [-0.2, 0) is 23.7 Å². The Morgan fingerprint density at radius 2 is 0.411 bits per heavy atom. The first-order chi connectivity index (χ1) is 67.6. The molecule has 0 heterocycles. The van der Waals surface area contributed by atoms with Crippen LogP contribution in [0.1, 0.15) is 291 Å². The monoisotopic (exact) mass is 1880 g/mol. The molecule has 0 atom stereocenters. The Morgan fingerprint density at radius 3 is 0.674 bits per heavy atom. The van der Waals surface area contributed by atoms with Crippen molar-refractivity contribution >= 4 is 18.2 Å². The maximum atomic E-state index is 6.32. The van der Waals surface area contributed by atoms with Crippen molar-refractivity contribution in [3.05, 3.63) is 435 Å².